The normalized spacial score (nSPS) is 40.0. The smallest absolute Gasteiger partial charge is 0.0923 e. The SMILES string of the molecule is C=C(C)[C@@H]1C/C=C(/C)CC[C@H]2O[C@]2(C)CC/C=C(/C)CC1. The van der Waals surface area contributed by atoms with E-state index in [0.29, 0.717) is 12.0 Å². The van der Waals surface area contributed by atoms with Crippen LogP contribution in [-0.2, 0) is 4.74 Å². The molecular formula is C20H32O. The van der Waals surface area contributed by atoms with Gasteiger partial charge in [-0.05, 0) is 78.6 Å². The summed E-state index contributed by atoms with van der Waals surface area (Å²) in [6.07, 6.45) is 13.6. The maximum absolute atomic E-state index is 5.95. The highest BCUT2D eigenvalue weighted by Gasteiger charge is 2.50. The first kappa shape index (κ1) is 16.5. The molecule has 1 fully saturated rings. The van der Waals surface area contributed by atoms with Crippen LogP contribution < -0.4 is 0 Å². The molecule has 1 saturated heterocycles. The van der Waals surface area contributed by atoms with Gasteiger partial charge in [-0.15, -0.1) is 0 Å². The Morgan fingerprint density at radius 2 is 1.86 bits per heavy atom. The third kappa shape index (κ3) is 4.85. The molecule has 0 N–H and O–H groups in total. The molecule has 0 amide bonds. The first-order chi connectivity index (χ1) is 9.90. The molecule has 0 aromatic heterocycles. The van der Waals surface area contributed by atoms with E-state index in [2.05, 4.69) is 46.4 Å². The molecule has 2 aliphatic rings. The first-order valence-corrected chi connectivity index (χ1v) is 8.55. The average molecular weight is 288 g/mol. The summed E-state index contributed by atoms with van der Waals surface area (Å²) in [5, 5.41) is 0. The molecule has 0 aromatic rings. The summed E-state index contributed by atoms with van der Waals surface area (Å²) in [6.45, 7) is 13.2. The van der Waals surface area contributed by atoms with E-state index < -0.39 is 0 Å². The topological polar surface area (TPSA) is 12.5 Å². The maximum atomic E-state index is 5.95. The molecule has 0 spiro atoms. The second-order valence-electron chi connectivity index (χ2n) is 7.42. The van der Waals surface area contributed by atoms with E-state index in [1.165, 1.54) is 48.8 Å². The predicted octanol–water partition coefficient (Wildman–Crippen LogP) is 5.97. The first-order valence-electron chi connectivity index (χ1n) is 8.55. The van der Waals surface area contributed by atoms with Crippen LogP contribution in [0.2, 0.25) is 0 Å². The van der Waals surface area contributed by atoms with Crippen LogP contribution in [0.25, 0.3) is 0 Å². The highest BCUT2D eigenvalue weighted by atomic mass is 16.6. The van der Waals surface area contributed by atoms with Crippen LogP contribution in [0, 0.1) is 5.92 Å². The van der Waals surface area contributed by atoms with Gasteiger partial charge in [0.05, 0.1) is 11.7 Å². The number of hydrogen-bond donors (Lipinski definition) is 0. The van der Waals surface area contributed by atoms with Crippen molar-refractivity contribution in [3.8, 4) is 0 Å². The third-order valence-corrected chi connectivity index (χ3v) is 5.30. The van der Waals surface area contributed by atoms with E-state index in [4.69, 9.17) is 4.74 Å². The number of epoxide rings is 1. The van der Waals surface area contributed by atoms with Gasteiger partial charge in [0.15, 0.2) is 0 Å². The monoisotopic (exact) mass is 288 g/mol. The lowest BCUT2D eigenvalue weighted by atomic mass is 9.89. The van der Waals surface area contributed by atoms with Crippen LogP contribution in [0.15, 0.2) is 35.5 Å². The van der Waals surface area contributed by atoms with Crippen molar-refractivity contribution in [2.75, 3.05) is 0 Å². The standard InChI is InChI=1S/C20H32O/c1-15(2)18-11-8-16(3)7-6-14-20(5)19(21-20)13-10-17(4)9-12-18/h7,9,18-19H,1,6,8,10-14H2,2-5H3/b16-7-,17-9-/t18-,19+,20+/m0/s1. The molecule has 0 radical (unpaired) electrons. The molecule has 2 rings (SSSR count). The summed E-state index contributed by atoms with van der Waals surface area (Å²) in [7, 11) is 0. The molecule has 0 saturated carbocycles. The molecule has 1 heteroatoms. The van der Waals surface area contributed by atoms with Crippen molar-refractivity contribution >= 4 is 0 Å². The summed E-state index contributed by atoms with van der Waals surface area (Å²) < 4.78 is 5.95. The second-order valence-corrected chi connectivity index (χ2v) is 7.42. The van der Waals surface area contributed by atoms with Gasteiger partial charge in [0.1, 0.15) is 0 Å². The summed E-state index contributed by atoms with van der Waals surface area (Å²) in [5.41, 5.74) is 4.53. The van der Waals surface area contributed by atoms with E-state index in [9.17, 15) is 0 Å². The molecule has 1 aliphatic carbocycles. The van der Waals surface area contributed by atoms with Crippen molar-refractivity contribution in [2.24, 2.45) is 5.92 Å². The van der Waals surface area contributed by atoms with Crippen molar-refractivity contribution in [3.63, 3.8) is 0 Å². The number of ether oxygens (including phenoxy) is 1. The van der Waals surface area contributed by atoms with Gasteiger partial charge in [0.25, 0.3) is 0 Å². The molecule has 0 bridgehead atoms. The minimum Gasteiger partial charge on any atom is -0.366 e. The molecule has 118 valence electrons. The van der Waals surface area contributed by atoms with E-state index in [1.807, 2.05) is 0 Å². The van der Waals surface area contributed by atoms with Crippen LogP contribution in [-0.4, -0.2) is 11.7 Å². The van der Waals surface area contributed by atoms with Crippen molar-refractivity contribution in [1.29, 1.82) is 0 Å². The van der Waals surface area contributed by atoms with Crippen LogP contribution in [0.1, 0.15) is 72.6 Å². The Balaban J connectivity index is 2.03. The Hall–Kier alpha value is -0.820. The predicted molar refractivity (Wildman–Crippen MR) is 91.4 cm³/mol. The second kappa shape index (κ2) is 6.96. The fourth-order valence-electron chi connectivity index (χ4n) is 3.35. The highest BCUT2D eigenvalue weighted by Crippen LogP contribution is 2.43. The number of hydrogen-bond acceptors (Lipinski definition) is 1. The van der Waals surface area contributed by atoms with Gasteiger partial charge in [0, 0.05) is 0 Å². The number of rotatable bonds is 1. The van der Waals surface area contributed by atoms with Gasteiger partial charge in [0.2, 0.25) is 0 Å². The van der Waals surface area contributed by atoms with Crippen molar-refractivity contribution in [1.82, 2.24) is 0 Å². The zero-order chi connectivity index (χ0) is 15.5. The minimum absolute atomic E-state index is 0.154. The van der Waals surface area contributed by atoms with E-state index >= 15 is 0 Å². The largest absolute Gasteiger partial charge is 0.366 e. The lowest BCUT2D eigenvalue weighted by Crippen LogP contribution is -2.09. The zero-order valence-corrected chi connectivity index (χ0v) is 14.4. The van der Waals surface area contributed by atoms with Crippen LogP contribution >= 0.6 is 0 Å². The van der Waals surface area contributed by atoms with Gasteiger partial charge in [-0.1, -0.05) is 35.5 Å². The summed E-state index contributed by atoms with van der Waals surface area (Å²) in [6, 6.07) is 0. The van der Waals surface area contributed by atoms with Crippen LogP contribution in [0.5, 0.6) is 0 Å². The Kier molecular flexibility index (Phi) is 5.48. The minimum atomic E-state index is 0.154. The molecule has 1 nitrogen and oxygen atoms in total. The van der Waals surface area contributed by atoms with E-state index in [0.717, 1.165) is 12.8 Å². The molecule has 0 unspecified atom stereocenters. The van der Waals surface area contributed by atoms with Crippen LogP contribution in [0.4, 0.5) is 0 Å². The molecule has 3 atom stereocenters. The summed E-state index contributed by atoms with van der Waals surface area (Å²) in [4.78, 5) is 0. The summed E-state index contributed by atoms with van der Waals surface area (Å²) >= 11 is 0. The maximum Gasteiger partial charge on any atom is 0.0923 e. The number of allylic oxidation sites excluding steroid dienone is 5. The Labute approximate surface area is 131 Å². The Bertz CT molecular complexity index is 443. The van der Waals surface area contributed by atoms with Gasteiger partial charge in [-0.2, -0.15) is 0 Å². The molecular weight excluding hydrogens is 256 g/mol. The average Bonchev–Trinajstić information content (AvgIpc) is 3.06. The molecule has 21 heavy (non-hydrogen) atoms. The van der Waals surface area contributed by atoms with Gasteiger partial charge >= 0.3 is 0 Å². The number of fused-ring (bicyclic) bond motifs is 1. The fraction of sp³-hybridized carbons (Fsp3) is 0.700. The Morgan fingerprint density at radius 3 is 2.57 bits per heavy atom. The van der Waals surface area contributed by atoms with E-state index in [1.54, 1.807) is 0 Å². The quantitative estimate of drug-likeness (QED) is 0.427. The zero-order valence-electron chi connectivity index (χ0n) is 14.4. The molecule has 1 heterocycles. The van der Waals surface area contributed by atoms with Crippen molar-refractivity contribution in [2.45, 2.75) is 84.3 Å². The van der Waals surface area contributed by atoms with Crippen molar-refractivity contribution in [3.05, 3.63) is 35.5 Å². The fourth-order valence-corrected chi connectivity index (χ4v) is 3.35. The van der Waals surface area contributed by atoms with Gasteiger partial charge in [-0.3, -0.25) is 0 Å². The molecule has 0 aromatic carbocycles. The Morgan fingerprint density at radius 1 is 1.19 bits per heavy atom. The van der Waals surface area contributed by atoms with Crippen LogP contribution in [0.3, 0.4) is 0 Å². The van der Waals surface area contributed by atoms with E-state index in [-0.39, 0.29) is 5.60 Å². The van der Waals surface area contributed by atoms with Gasteiger partial charge < -0.3 is 4.74 Å². The lowest BCUT2D eigenvalue weighted by molar-refractivity contribution is 0.295. The molecule has 1 aliphatic heterocycles. The lowest BCUT2D eigenvalue weighted by Gasteiger charge is -2.16. The highest BCUT2D eigenvalue weighted by molar-refractivity contribution is 5.10. The van der Waals surface area contributed by atoms with Gasteiger partial charge in [-0.25, -0.2) is 0 Å². The third-order valence-electron chi connectivity index (χ3n) is 5.30. The summed E-state index contributed by atoms with van der Waals surface area (Å²) in [5.74, 6) is 0.633. The van der Waals surface area contributed by atoms with Crippen molar-refractivity contribution < 1.29 is 4.74 Å².